The lowest BCUT2D eigenvalue weighted by Crippen LogP contribution is -2.12. The molecule has 5 heteroatoms. The number of nitrogens with one attached hydrogen (secondary N) is 1. The first-order valence-electron chi connectivity index (χ1n) is 6.56. The number of hydrogen-bond acceptors (Lipinski definition) is 3. The molecule has 0 radical (unpaired) electrons. The fourth-order valence-corrected chi connectivity index (χ4v) is 2.61. The molecule has 2 heterocycles. The van der Waals surface area contributed by atoms with Crippen LogP contribution in [0.4, 0.5) is 5.69 Å². The normalized spacial score (nSPS) is 10.8. The molecule has 3 rings (SSSR count). The van der Waals surface area contributed by atoms with Crippen LogP contribution in [0.15, 0.2) is 53.7 Å². The highest BCUT2D eigenvalue weighted by Gasteiger charge is 2.08. The van der Waals surface area contributed by atoms with E-state index in [4.69, 9.17) is 0 Å². The van der Waals surface area contributed by atoms with Crippen molar-refractivity contribution in [2.45, 2.75) is 11.8 Å². The number of aryl methyl sites for hydroxylation is 1. The Morgan fingerprint density at radius 2 is 2.14 bits per heavy atom. The number of pyridine rings is 1. The summed E-state index contributed by atoms with van der Waals surface area (Å²) < 4.78 is 1.90. The van der Waals surface area contributed by atoms with Crippen LogP contribution in [-0.2, 0) is 0 Å². The van der Waals surface area contributed by atoms with Gasteiger partial charge in [-0.1, -0.05) is 6.07 Å². The average molecular weight is 297 g/mol. The van der Waals surface area contributed by atoms with Crippen molar-refractivity contribution in [1.82, 2.24) is 9.38 Å². The van der Waals surface area contributed by atoms with E-state index in [1.807, 2.05) is 54.2 Å². The van der Waals surface area contributed by atoms with Crippen LogP contribution < -0.4 is 5.32 Å². The van der Waals surface area contributed by atoms with Crippen LogP contribution in [-0.4, -0.2) is 21.5 Å². The zero-order chi connectivity index (χ0) is 14.8. The van der Waals surface area contributed by atoms with Crippen molar-refractivity contribution in [3.8, 4) is 0 Å². The Balaban J connectivity index is 1.85. The van der Waals surface area contributed by atoms with Gasteiger partial charge in [0.1, 0.15) is 5.65 Å². The number of carbonyl (C=O) groups is 1. The predicted octanol–water partition coefficient (Wildman–Crippen LogP) is 3.62. The van der Waals surface area contributed by atoms with Crippen LogP contribution in [0.3, 0.4) is 0 Å². The van der Waals surface area contributed by atoms with Crippen LogP contribution in [0, 0.1) is 6.92 Å². The van der Waals surface area contributed by atoms with E-state index in [9.17, 15) is 4.79 Å². The number of hydrogen-bond donors (Lipinski definition) is 1. The maximum Gasteiger partial charge on any atom is 0.255 e. The maximum atomic E-state index is 12.3. The molecular weight excluding hydrogens is 282 g/mol. The maximum absolute atomic E-state index is 12.3. The number of carbonyl (C=O) groups excluding carboxylic acids is 1. The summed E-state index contributed by atoms with van der Waals surface area (Å²) in [4.78, 5) is 17.8. The first kappa shape index (κ1) is 13.7. The van der Waals surface area contributed by atoms with Gasteiger partial charge < -0.3 is 9.72 Å². The topological polar surface area (TPSA) is 46.4 Å². The molecular formula is C16H15N3OS. The van der Waals surface area contributed by atoms with Gasteiger partial charge in [0.25, 0.3) is 5.91 Å². The molecule has 21 heavy (non-hydrogen) atoms. The first-order valence-corrected chi connectivity index (χ1v) is 7.79. The summed E-state index contributed by atoms with van der Waals surface area (Å²) >= 11 is 1.65. The van der Waals surface area contributed by atoms with Crippen LogP contribution in [0.2, 0.25) is 0 Å². The van der Waals surface area contributed by atoms with Gasteiger partial charge in [-0.25, -0.2) is 4.98 Å². The molecule has 0 aliphatic rings. The molecule has 4 nitrogen and oxygen atoms in total. The highest BCUT2D eigenvalue weighted by molar-refractivity contribution is 7.98. The van der Waals surface area contributed by atoms with Crippen molar-refractivity contribution in [3.63, 3.8) is 0 Å². The van der Waals surface area contributed by atoms with E-state index in [0.717, 1.165) is 21.9 Å². The van der Waals surface area contributed by atoms with Gasteiger partial charge in [0.05, 0.1) is 5.69 Å². The summed E-state index contributed by atoms with van der Waals surface area (Å²) in [7, 11) is 0. The van der Waals surface area contributed by atoms with E-state index in [2.05, 4.69) is 10.3 Å². The number of nitrogens with zero attached hydrogens (tertiary/aromatic N) is 2. The molecule has 1 N–H and O–H groups in total. The third-order valence-corrected chi connectivity index (χ3v) is 3.90. The Bertz CT molecular complexity index is 810. The van der Waals surface area contributed by atoms with E-state index in [0.29, 0.717) is 5.56 Å². The minimum atomic E-state index is -0.128. The quantitative estimate of drug-likeness (QED) is 0.751. The number of anilines is 1. The monoisotopic (exact) mass is 297 g/mol. The van der Waals surface area contributed by atoms with Gasteiger partial charge in [-0.15, -0.1) is 11.8 Å². The van der Waals surface area contributed by atoms with E-state index >= 15 is 0 Å². The lowest BCUT2D eigenvalue weighted by Gasteiger charge is -2.06. The van der Waals surface area contributed by atoms with Gasteiger partial charge in [-0.3, -0.25) is 4.79 Å². The average Bonchev–Trinajstić information content (AvgIpc) is 2.86. The number of thioether (sulfide) groups is 1. The SMILES string of the molecule is CSc1cccc(NC(=O)c2ccn3cc(C)nc3c2)c1. The minimum absolute atomic E-state index is 0.128. The number of imidazole rings is 1. The predicted molar refractivity (Wildman–Crippen MR) is 86.1 cm³/mol. The van der Waals surface area contributed by atoms with Gasteiger partial charge in [-0.2, -0.15) is 0 Å². The van der Waals surface area contributed by atoms with Crippen molar-refractivity contribution in [1.29, 1.82) is 0 Å². The summed E-state index contributed by atoms with van der Waals surface area (Å²) in [5.41, 5.74) is 3.10. The van der Waals surface area contributed by atoms with Crippen molar-refractivity contribution >= 4 is 29.0 Å². The van der Waals surface area contributed by atoms with Crippen LogP contribution >= 0.6 is 11.8 Å². The zero-order valence-electron chi connectivity index (χ0n) is 11.8. The third-order valence-electron chi connectivity index (χ3n) is 3.17. The summed E-state index contributed by atoms with van der Waals surface area (Å²) in [6.45, 7) is 1.93. The van der Waals surface area contributed by atoms with Crippen molar-refractivity contribution in [3.05, 3.63) is 60.0 Å². The van der Waals surface area contributed by atoms with Crippen LogP contribution in [0.1, 0.15) is 16.1 Å². The summed E-state index contributed by atoms with van der Waals surface area (Å²) in [6.07, 6.45) is 5.79. The third kappa shape index (κ3) is 2.92. The molecule has 2 aromatic heterocycles. The van der Waals surface area contributed by atoms with Crippen LogP contribution in [0.5, 0.6) is 0 Å². The zero-order valence-corrected chi connectivity index (χ0v) is 12.6. The molecule has 0 saturated carbocycles. The molecule has 106 valence electrons. The Kier molecular flexibility index (Phi) is 3.66. The summed E-state index contributed by atoms with van der Waals surface area (Å²) in [5, 5.41) is 2.92. The van der Waals surface area contributed by atoms with E-state index in [1.54, 1.807) is 23.9 Å². The highest BCUT2D eigenvalue weighted by Crippen LogP contribution is 2.19. The second kappa shape index (κ2) is 5.61. The van der Waals surface area contributed by atoms with Gasteiger partial charge >= 0.3 is 0 Å². The molecule has 0 fully saturated rings. The Hall–Kier alpha value is -2.27. The molecule has 0 atom stereocenters. The fraction of sp³-hybridized carbons (Fsp3) is 0.125. The second-order valence-corrected chi connectivity index (χ2v) is 5.63. The summed E-state index contributed by atoms with van der Waals surface area (Å²) in [5.74, 6) is -0.128. The lowest BCUT2D eigenvalue weighted by molar-refractivity contribution is 0.102. The summed E-state index contributed by atoms with van der Waals surface area (Å²) in [6, 6.07) is 11.4. The molecule has 0 unspecified atom stereocenters. The van der Waals surface area contributed by atoms with Crippen LogP contribution in [0.25, 0.3) is 5.65 Å². The second-order valence-electron chi connectivity index (χ2n) is 4.75. The van der Waals surface area contributed by atoms with Crippen molar-refractivity contribution < 1.29 is 4.79 Å². The molecule has 1 amide bonds. The van der Waals surface area contributed by atoms with Gasteiger partial charge in [0.15, 0.2) is 0 Å². The largest absolute Gasteiger partial charge is 0.322 e. The highest BCUT2D eigenvalue weighted by atomic mass is 32.2. The van der Waals surface area contributed by atoms with Gasteiger partial charge in [-0.05, 0) is 43.5 Å². The molecule has 0 bridgehead atoms. The molecule has 0 saturated heterocycles. The standard InChI is InChI=1S/C16H15N3OS/c1-11-10-19-7-6-12(8-15(19)17-11)16(20)18-13-4-3-5-14(9-13)21-2/h3-10H,1-2H3,(H,18,20). The smallest absolute Gasteiger partial charge is 0.255 e. The Morgan fingerprint density at radius 3 is 2.95 bits per heavy atom. The Morgan fingerprint density at radius 1 is 1.29 bits per heavy atom. The van der Waals surface area contributed by atoms with Gasteiger partial charge in [0, 0.05) is 28.5 Å². The molecule has 0 aliphatic carbocycles. The number of benzene rings is 1. The van der Waals surface area contributed by atoms with E-state index in [1.165, 1.54) is 0 Å². The first-order chi connectivity index (χ1) is 10.2. The molecule has 0 aliphatic heterocycles. The van der Waals surface area contributed by atoms with Crippen molar-refractivity contribution in [2.24, 2.45) is 0 Å². The molecule has 1 aromatic carbocycles. The number of aromatic nitrogens is 2. The number of amides is 1. The minimum Gasteiger partial charge on any atom is -0.322 e. The van der Waals surface area contributed by atoms with Gasteiger partial charge in [0.2, 0.25) is 0 Å². The number of rotatable bonds is 3. The fourth-order valence-electron chi connectivity index (χ4n) is 2.15. The molecule has 3 aromatic rings. The van der Waals surface area contributed by atoms with Crippen molar-refractivity contribution in [2.75, 3.05) is 11.6 Å². The van der Waals surface area contributed by atoms with E-state index < -0.39 is 0 Å². The Labute approximate surface area is 127 Å². The molecule has 0 spiro atoms. The lowest BCUT2D eigenvalue weighted by atomic mass is 10.2. The van der Waals surface area contributed by atoms with E-state index in [-0.39, 0.29) is 5.91 Å². The number of fused-ring (bicyclic) bond motifs is 1.